The van der Waals surface area contributed by atoms with Crippen LogP contribution in [-0.4, -0.2) is 37.6 Å². The number of nitrogens with one attached hydrogen (secondary N) is 1. The summed E-state index contributed by atoms with van der Waals surface area (Å²) >= 11 is 0. The molecule has 156 valence electrons. The molecular formula is C22H26F2N2O3. The van der Waals surface area contributed by atoms with Crippen LogP contribution in [0.2, 0.25) is 0 Å². The van der Waals surface area contributed by atoms with Crippen LogP contribution in [0.3, 0.4) is 0 Å². The van der Waals surface area contributed by atoms with Gasteiger partial charge in [-0.05, 0) is 42.9 Å². The van der Waals surface area contributed by atoms with Gasteiger partial charge in [-0.15, -0.1) is 0 Å². The van der Waals surface area contributed by atoms with E-state index in [1.54, 1.807) is 18.2 Å². The Hall–Kier alpha value is -2.93. The van der Waals surface area contributed by atoms with Crippen molar-refractivity contribution in [3.05, 3.63) is 59.7 Å². The number of hydrogen-bond donors (Lipinski definition) is 1. The molecule has 0 aliphatic rings. The van der Waals surface area contributed by atoms with E-state index in [-0.39, 0.29) is 17.4 Å². The van der Waals surface area contributed by atoms with Gasteiger partial charge < -0.3 is 14.8 Å². The normalized spacial score (nSPS) is 11.3. The van der Waals surface area contributed by atoms with Gasteiger partial charge in [-0.3, -0.25) is 9.69 Å². The van der Waals surface area contributed by atoms with E-state index in [2.05, 4.69) is 28.8 Å². The van der Waals surface area contributed by atoms with Gasteiger partial charge in [-0.2, -0.15) is 8.78 Å². The zero-order chi connectivity index (χ0) is 21.2. The van der Waals surface area contributed by atoms with Crippen LogP contribution in [0.25, 0.3) is 6.08 Å². The van der Waals surface area contributed by atoms with Crippen molar-refractivity contribution < 1.29 is 23.0 Å². The molecule has 0 radical (unpaired) electrons. The molecule has 29 heavy (non-hydrogen) atoms. The zero-order valence-corrected chi connectivity index (χ0v) is 16.8. The van der Waals surface area contributed by atoms with Crippen molar-refractivity contribution in [2.75, 3.05) is 25.5 Å². The van der Waals surface area contributed by atoms with Crippen molar-refractivity contribution in [1.29, 1.82) is 0 Å². The Labute approximate surface area is 169 Å². The molecule has 1 amide bonds. The Morgan fingerprint density at radius 1 is 1.17 bits per heavy atom. The number of nitrogens with zero attached hydrogens (tertiary/aromatic N) is 1. The zero-order valence-electron chi connectivity index (χ0n) is 16.8. The fraction of sp³-hybridized carbons (Fsp3) is 0.318. The molecule has 0 saturated carbocycles. The first-order chi connectivity index (χ1) is 14.0. The number of carbonyl (C=O) groups excluding carboxylic acids is 1. The van der Waals surface area contributed by atoms with Crippen LogP contribution in [0.5, 0.6) is 11.5 Å². The fourth-order valence-corrected chi connectivity index (χ4v) is 2.84. The highest BCUT2D eigenvalue weighted by Crippen LogP contribution is 2.33. The predicted molar refractivity (Wildman–Crippen MR) is 110 cm³/mol. The number of rotatable bonds is 10. The van der Waals surface area contributed by atoms with Crippen molar-refractivity contribution in [2.45, 2.75) is 27.0 Å². The first-order valence-corrected chi connectivity index (χ1v) is 9.39. The van der Waals surface area contributed by atoms with E-state index >= 15 is 0 Å². The summed E-state index contributed by atoms with van der Waals surface area (Å²) < 4.78 is 35.0. The molecule has 1 N–H and O–H groups in total. The Morgan fingerprint density at radius 3 is 2.55 bits per heavy atom. The topological polar surface area (TPSA) is 50.8 Å². The lowest BCUT2D eigenvalue weighted by Gasteiger charge is -2.18. The largest absolute Gasteiger partial charge is 0.493 e. The molecule has 0 spiro atoms. The maximum absolute atomic E-state index is 12.7. The SMILES string of the molecule is CCN(CC)Cc1cccc(NC(=O)/C=C/c2cccc(OC)c2OC(F)F)c1. The third-order valence-electron chi connectivity index (χ3n) is 4.35. The van der Waals surface area contributed by atoms with Crippen molar-refractivity contribution in [3.63, 3.8) is 0 Å². The predicted octanol–water partition coefficient (Wildman–Crippen LogP) is 4.79. The van der Waals surface area contributed by atoms with Crippen LogP contribution >= 0.6 is 0 Å². The van der Waals surface area contributed by atoms with Gasteiger partial charge in [0.2, 0.25) is 5.91 Å². The summed E-state index contributed by atoms with van der Waals surface area (Å²) in [5.74, 6) is -0.331. The maximum atomic E-state index is 12.7. The molecular weight excluding hydrogens is 378 g/mol. The number of alkyl halides is 2. The third kappa shape index (κ3) is 6.87. The van der Waals surface area contributed by atoms with E-state index in [9.17, 15) is 13.6 Å². The minimum absolute atomic E-state index is 0.115. The number of anilines is 1. The molecule has 0 atom stereocenters. The second-order valence-electron chi connectivity index (χ2n) is 6.24. The molecule has 0 fully saturated rings. The van der Waals surface area contributed by atoms with Gasteiger partial charge in [0.1, 0.15) is 0 Å². The monoisotopic (exact) mass is 404 g/mol. The first-order valence-electron chi connectivity index (χ1n) is 9.39. The number of hydrogen-bond acceptors (Lipinski definition) is 4. The summed E-state index contributed by atoms with van der Waals surface area (Å²) in [4.78, 5) is 14.6. The van der Waals surface area contributed by atoms with E-state index in [0.29, 0.717) is 11.3 Å². The van der Waals surface area contributed by atoms with E-state index in [1.807, 2.05) is 18.2 Å². The molecule has 0 saturated heterocycles. The smallest absolute Gasteiger partial charge is 0.387 e. The fourth-order valence-electron chi connectivity index (χ4n) is 2.84. The van der Waals surface area contributed by atoms with Gasteiger partial charge in [0.15, 0.2) is 11.5 Å². The molecule has 0 aliphatic heterocycles. The summed E-state index contributed by atoms with van der Waals surface area (Å²) in [7, 11) is 1.36. The standard InChI is InChI=1S/C22H26F2N2O3/c1-4-26(5-2)15-16-8-6-10-18(14-16)25-20(27)13-12-17-9-7-11-19(28-3)21(17)29-22(23)24/h6-14,22H,4-5,15H2,1-3H3,(H,25,27)/b13-12+. The molecule has 7 heteroatoms. The van der Waals surface area contributed by atoms with Gasteiger partial charge in [0.05, 0.1) is 7.11 Å². The average molecular weight is 404 g/mol. The minimum atomic E-state index is -3.00. The summed E-state index contributed by atoms with van der Waals surface area (Å²) in [5, 5.41) is 2.79. The van der Waals surface area contributed by atoms with Crippen LogP contribution in [0, 0.1) is 0 Å². The number of para-hydroxylation sites is 1. The van der Waals surface area contributed by atoms with Gasteiger partial charge >= 0.3 is 6.61 Å². The van der Waals surface area contributed by atoms with Gasteiger partial charge in [0.25, 0.3) is 0 Å². The summed E-state index contributed by atoms with van der Waals surface area (Å²) in [5.41, 5.74) is 2.07. The van der Waals surface area contributed by atoms with Crippen LogP contribution in [0.15, 0.2) is 48.5 Å². The van der Waals surface area contributed by atoms with Crippen molar-refractivity contribution >= 4 is 17.7 Å². The summed E-state index contributed by atoms with van der Waals surface area (Å²) in [6, 6.07) is 12.3. The molecule has 2 aromatic carbocycles. The summed E-state index contributed by atoms with van der Waals surface area (Å²) in [6.45, 7) is 3.89. The number of amides is 1. The second-order valence-corrected chi connectivity index (χ2v) is 6.24. The van der Waals surface area contributed by atoms with E-state index in [0.717, 1.165) is 25.2 Å². The Morgan fingerprint density at radius 2 is 1.90 bits per heavy atom. The number of ether oxygens (including phenoxy) is 2. The van der Waals surface area contributed by atoms with Gasteiger partial charge in [0, 0.05) is 23.9 Å². The van der Waals surface area contributed by atoms with Gasteiger partial charge in [-0.1, -0.05) is 38.1 Å². The molecule has 0 aliphatic carbocycles. The van der Waals surface area contributed by atoms with Crippen LogP contribution in [-0.2, 0) is 11.3 Å². The molecule has 2 rings (SSSR count). The van der Waals surface area contributed by atoms with Crippen LogP contribution in [0.1, 0.15) is 25.0 Å². The molecule has 0 aromatic heterocycles. The molecule has 2 aromatic rings. The molecule has 5 nitrogen and oxygen atoms in total. The van der Waals surface area contributed by atoms with Crippen LogP contribution < -0.4 is 14.8 Å². The Kier molecular flexibility index (Phi) is 8.61. The number of methoxy groups -OCH3 is 1. The van der Waals surface area contributed by atoms with Crippen molar-refractivity contribution in [2.24, 2.45) is 0 Å². The lowest BCUT2D eigenvalue weighted by molar-refractivity contribution is -0.111. The van der Waals surface area contributed by atoms with Crippen molar-refractivity contribution in [3.8, 4) is 11.5 Å². The van der Waals surface area contributed by atoms with Crippen LogP contribution in [0.4, 0.5) is 14.5 Å². The van der Waals surface area contributed by atoms with Gasteiger partial charge in [-0.25, -0.2) is 0 Å². The number of benzene rings is 2. The highest BCUT2D eigenvalue weighted by Gasteiger charge is 2.14. The average Bonchev–Trinajstić information content (AvgIpc) is 2.71. The molecule has 0 unspecified atom stereocenters. The lowest BCUT2D eigenvalue weighted by atomic mass is 10.1. The van der Waals surface area contributed by atoms with Crippen molar-refractivity contribution in [1.82, 2.24) is 4.90 Å². The molecule has 0 heterocycles. The highest BCUT2D eigenvalue weighted by molar-refractivity contribution is 6.02. The highest BCUT2D eigenvalue weighted by atomic mass is 19.3. The quantitative estimate of drug-likeness (QED) is 0.579. The van der Waals surface area contributed by atoms with E-state index in [1.165, 1.54) is 25.3 Å². The Bertz CT molecular complexity index is 837. The first kappa shape index (κ1) is 22.4. The Balaban J connectivity index is 2.11. The summed E-state index contributed by atoms with van der Waals surface area (Å²) in [6.07, 6.45) is 2.68. The third-order valence-corrected chi connectivity index (χ3v) is 4.35. The van der Waals surface area contributed by atoms with E-state index in [4.69, 9.17) is 4.74 Å². The lowest BCUT2D eigenvalue weighted by Crippen LogP contribution is -2.22. The minimum Gasteiger partial charge on any atom is -0.493 e. The van der Waals surface area contributed by atoms with E-state index < -0.39 is 6.61 Å². The maximum Gasteiger partial charge on any atom is 0.387 e. The number of halogens is 2. The number of carbonyl (C=O) groups is 1. The molecule has 0 bridgehead atoms. The second kappa shape index (κ2) is 11.2.